The molecule has 0 atom stereocenters. The maximum atomic E-state index is 11.9. The Hall–Kier alpha value is -4.68. The summed E-state index contributed by atoms with van der Waals surface area (Å²) in [5.74, 6) is 1.56. The molecule has 5 nitrogen and oxygen atoms in total. The Kier molecular flexibility index (Phi) is 8.57. The fraction of sp³-hybridized carbons (Fsp3) is 0.348. The highest BCUT2D eigenvalue weighted by molar-refractivity contribution is 6.89. The second-order valence-electron chi connectivity index (χ2n) is 18.2. The summed E-state index contributed by atoms with van der Waals surface area (Å²) in [6.45, 7) is 24.9. The van der Waals surface area contributed by atoms with Crippen LogP contribution in [-0.2, 0) is 24.3 Å². The minimum absolute atomic E-state index is 0.109. The van der Waals surface area contributed by atoms with Gasteiger partial charge in [0.1, 0.15) is 22.7 Å². The van der Waals surface area contributed by atoms with E-state index in [9.17, 15) is 5.11 Å². The highest BCUT2D eigenvalue weighted by Gasteiger charge is 2.28. The zero-order chi connectivity index (χ0) is 37.5. The summed E-state index contributed by atoms with van der Waals surface area (Å²) >= 11 is 0. The van der Waals surface area contributed by atoms with Crippen LogP contribution in [0.2, 0.25) is 19.6 Å². The molecule has 0 saturated carbocycles. The number of hydrogen-bond donors (Lipinski definition) is 1. The molecule has 0 amide bonds. The summed E-state index contributed by atoms with van der Waals surface area (Å²) in [5.41, 5.74) is 11.4. The largest absolute Gasteiger partial charge is 0.507 e. The molecule has 268 valence electrons. The minimum Gasteiger partial charge on any atom is -0.507 e. The molecule has 3 aromatic heterocycles. The van der Waals surface area contributed by atoms with Crippen molar-refractivity contribution in [2.24, 2.45) is 13.0 Å². The lowest BCUT2D eigenvalue weighted by atomic mass is 9.79. The summed E-state index contributed by atoms with van der Waals surface area (Å²) in [4.78, 5) is 10.5. The maximum Gasteiger partial charge on any atom is 0.144 e. The van der Waals surface area contributed by atoms with E-state index in [1.165, 1.54) is 16.3 Å². The summed E-state index contributed by atoms with van der Waals surface area (Å²) in [7, 11) is 0.442. The van der Waals surface area contributed by atoms with Crippen molar-refractivity contribution < 1.29 is 9.52 Å². The Balaban J connectivity index is 1.51. The van der Waals surface area contributed by atoms with Crippen molar-refractivity contribution in [3.8, 4) is 39.5 Å². The Morgan fingerprint density at radius 1 is 0.808 bits per heavy atom. The number of para-hydroxylation sites is 2. The number of phenolic OH excluding ortho intramolecular Hbond substituents is 1. The molecule has 0 unspecified atom stereocenters. The number of hydrogen-bond acceptors (Lipinski definition) is 4. The predicted molar refractivity (Wildman–Crippen MR) is 223 cm³/mol. The topological polar surface area (TPSA) is 64.1 Å². The van der Waals surface area contributed by atoms with Crippen molar-refractivity contribution in [2.45, 2.75) is 92.3 Å². The van der Waals surface area contributed by atoms with Gasteiger partial charge in [0.25, 0.3) is 0 Å². The van der Waals surface area contributed by atoms with Crippen LogP contribution in [0.1, 0.15) is 72.1 Å². The van der Waals surface area contributed by atoms with Gasteiger partial charge >= 0.3 is 0 Å². The Morgan fingerprint density at radius 3 is 2.21 bits per heavy atom. The van der Waals surface area contributed by atoms with Gasteiger partial charge in [-0.25, -0.2) is 4.98 Å². The van der Waals surface area contributed by atoms with Crippen LogP contribution in [0.3, 0.4) is 0 Å². The molecule has 0 bridgehead atoms. The Bertz CT molecular complexity index is 2500. The van der Waals surface area contributed by atoms with Crippen LogP contribution in [0, 0.1) is 5.92 Å². The minimum atomic E-state index is -1.60. The number of imidazole rings is 1. The summed E-state index contributed by atoms with van der Waals surface area (Å²) in [5, 5.41) is 15.4. The van der Waals surface area contributed by atoms with E-state index in [1.807, 2.05) is 19.2 Å². The third kappa shape index (κ3) is 6.25. The molecule has 7 rings (SSSR count). The summed E-state index contributed by atoms with van der Waals surface area (Å²) in [6, 6.07) is 25.7. The molecule has 1 N–H and O–H groups in total. The molecule has 0 fully saturated rings. The first-order valence-corrected chi connectivity index (χ1v) is 22.1. The molecule has 0 aliphatic heterocycles. The molecular weight excluding hydrogens is 655 g/mol. The van der Waals surface area contributed by atoms with Gasteiger partial charge in [-0.1, -0.05) is 111 Å². The number of phenols is 1. The number of furan rings is 1. The normalized spacial score (nSPS) is 12.9. The van der Waals surface area contributed by atoms with E-state index in [2.05, 4.69) is 146 Å². The number of rotatable bonds is 6. The van der Waals surface area contributed by atoms with Crippen LogP contribution in [0.25, 0.3) is 66.7 Å². The van der Waals surface area contributed by atoms with Gasteiger partial charge in [0.2, 0.25) is 0 Å². The van der Waals surface area contributed by atoms with E-state index in [4.69, 9.17) is 14.4 Å². The van der Waals surface area contributed by atoms with Gasteiger partial charge < -0.3 is 14.1 Å². The van der Waals surface area contributed by atoms with Crippen LogP contribution in [0.4, 0.5) is 0 Å². The number of aromatic hydroxyl groups is 1. The molecule has 0 spiro atoms. The van der Waals surface area contributed by atoms with Crippen LogP contribution < -0.4 is 5.19 Å². The second kappa shape index (κ2) is 12.5. The van der Waals surface area contributed by atoms with Gasteiger partial charge in [0.05, 0.1) is 30.4 Å². The van der Waals surface area contributed by atoms with Gasteiger partial charge in [-0.3, -0.25) is 4.98 Å². The van der Waals surface area contributed by atoms with Crippen molar-refractivity contribution in [1.29, 1.82) is 0 Å². The average molecular weight is 708 g/mol. The summed E-state index contributed by atoms with van der Waals surface area (Å²) < 4.78 is 8.79. The van der Waals surface area contributed by atoms with Gasteiger partial charge in [0, 0.05) is 46.3 Å². The van der Waals surface area contributed by atoms with Gasteiger partial charge in [-0.2, -0.15) is 0 Å². The molecular formula is C46H53N3O2Si. The lowest BCUT2D eigenvalue weighted by Crippen LogP contribution is -2.40. The number of aromatic nitrogens is 3. The number of benzene rings is 4. The monoisotopic (exact) mass is 707 g/mol. The van der Waals surface area contributed by atoms with E-state index in [-0.39, 0.29) is 16.6 Å². The SMILES string of the molecule is CC(C)Cc1cc(-c2cc(-c3cccc4c3nc(-c3cc(C(C)(C)C)cc(C(C)(C)C)c3O)n4C)c3oc4ccccc4c3c2)ncc1[Si](C)(C)C. The van der Waals surface area contributed by atoms with E-state index in [0.717, 1.165) is 78.7 Å². The quantitative estimate of drug-likeness (QED) is 0.175. The number of pyridine rings is 1. The van der Waals surface area contributed by atoms with Gasteiger partial charge in [0.15, 0.2) is 0 Å². The maximum absolute atomic E-state index is 11.9. The first-order chi connectivity index (χ1) is 24.3. The molecule has 4 aromatic carbocycles. The predicted octanol–water partition coefficient (Wildman–Crippen LogP) is 11.9. The van der Waals surface area contributed by atoms with Crippen LogP contribution in [-0.4, -0.2) is 27.7 Å². The van der Waals surface area contributed by atoms with Gasteiger partial charge in [-0.05, 0) is 75.9 Å². The molecule has 3 heterocycles. The first kappa shape index (κ1) is 35.7. The highest BCUT2D eigenvalue weighted by atomic mass is 28.3. The molecule has 0 radical (unpaired) electrons. The van der Waals surface area contributed by atoms with E-state index < -0.39 is 8.07 Å². The second-order valence-corrected chi connectivity index (χ2v) is 23.2. The molecule has 0 aliphatic rings. The van der Waals surface area contributed by atoms with Crippen molar-refractivity contribution in [3.63, 3.8) is 0 Å². The third-order valence-electron chi connectivity index (χ3n) is 10.4. The molecule has 7 aromatic rings. The van der Waals surface area contributed by atoms with Crippen molar-refractivity contribution in [2.75, 3.05) is 0 Å². The third-order valence-corrected chi connectivity index (χ3v) is 12.5. The number of aryl methyl sites for hydroxylation is 1. The number of fused-ring (bicyclic) bond motifs is 4. The van der Waals surface area contributed by atoms with Crippen LogP contribution in [0.5, 0.6) is 5.75 Å². The van der Waals surface area contributed by atoms with E-state index in [1.54, 1.807) is 0 Å². The number of nitrogens with zero attached hydrogens (tertiary/aromatic N) is 3. The molecule has 52 heavy (non-hydrogen) atoms. The zero-order valence-electron chi connectivity index (χ0n) is 33.0. The fourth-order valence-corrected chi connectivity index (χ4v) is 9.19. The molecule has 0 saturated heterocycles. The van der Waals surface area contributed by atoms with Crippen LogP contribution in [0.15, 0.2) is 83.4 Å². The standard InChI is InChI=1S/C46H53N3O2Si/c1-27(2)20-29-23-37(47-26-40(29)52(10,11)12)28-21-33-31-16-13-14-19-39(31)51-43(33)34(22-28)32-17-15-18-38-41(32)48-44(49(38)9)35-24-30(45(3,4)5)25-36(42(35)50)46(6,7)8/h13-19,21-27,50H,20H2,1-12H3. The van der Waals surface area contributed by atoms with E-state index in [0.29, 0.717) is 5.92 Å². The fourth-order valence-electron chi connectivity index (χ4n) is 7.60. The smallest absolute Gasteiger partial charge is 0.144 e. The zero-order valence-corrected chi connectivity index (χ0v) is 34.0. The van der Waals surface area contributed by atoms with Crippen molar-refractivity contribution in [3.05, 3.63) is 95.7 Å². The summed E-state index contributed by atoms with van der Waals surface area (Å²) in [6.07, 6.45) is 3.17. The lowest BCUT2D eigenvalue weighted by molar-refractivity contribution is 0.446. The van der Waals surface area contributed by atoms with Gasteiger partial charge in [-0.15, -0.1) is 0 Å². The molecule has 6 heteroatoms. The first-order valence-electron chi connectivity index (χ1n) is 18.6. The Morgan fingerprint density at radius 2 is 1.54 bits per heavy atom. The highest BCUT2D eigenvalue weighted by Crippen LogP contribution is 2.45. The van der Waals surface area contributed by atoms with Crippen LogP contribution >= 0.6 is 0 Å². The van der Waals surface area contributed by atoms with E-state index >= 15 is 0 Å². The van der Waals surface area contributed by atoms with Crippen molar-refractivity contribution >= 4 is 46.2 Å². The Labute approximate surface area is 309 Å². The molecule has 0 aliphatic carbocycles. The van der Waals surface area contributed by atoms with Crippen molar-refractivity contribution in [1.82, 2.24) is 14.5 Å². The average Bonchev–Trinajstić information content (AvgIpc) is 3.60. The lowest BCUT2D eigenvalue weighted by Gasteiger charge is -2.27.